The van der Waals surface area contributed by atoms with E-state index in [1.807, 2.05) is 0 Å². The Morgan fingerprint density at radius 3 is 2.69 bits per heavy atom. The lowest BCUT2D eigenvalue weighted by Crippen LogP contribution is -2.44. The number of pyridine rings is 1. The van der Waals surface area contributed by atoms with Crippen LogP contribution < -0.4 is 14.8 Å². The van der Waals surface area contributed by atoms with Crippen molar-refractivity contribution in [1.29, 1.82) is 0 Å². The number of aromatic nitrogens is 1. The normalized spacial score (nSPS) is 18.9. The van der Waals surface area contributed by atoms with E-state index >= 15 is 0 Å². The van der Waals surface area contributed by atoms with E-state index < -0.39 is 47.9 Å². The summed E-state index contributed by atoms with van der Waals surface area (Å²) < 4.78 is 88.2. The molecule has 0 fully saturated rings. The maximum atomic E-state index is 14.4. The molecule has 1 aliphatic rings. The van der Waals surface area contributed by atoms with Crippen molar-refractivity contribution >= 4 is 21.7 Å². The molecular formula is C17H13BrF6N2O3. The Kier molecular flexibility index (Phi) is 5.86. The van der Waals surface area contributed by atoms with Crippen LogP contribution >= 0.6 is 15.9 Å². The number of ether oxygens (including phenoxy) is 2. The van der Waals surface area contributed by atoms with Crippen LogP contribution in [-0.4, -0.2) is 29.9 Å². The van der Waals surface area contributed by atoms with Gasteiger partial charge in [-0.15, -0.1) is 0 Å². The quantitative estimate of drug-likeness (QED) is 0.600. The van der Waals surface area contributed by atoms with Crippen LogP contribution in [0.25, 0.3) is 0 Å². The highest BCUT2D eigenvalue weighted by Crippen LogP contribution is 2.44. The van der Waals surface area contributed by atoms with Gasteiger partial charge in [-0.25, -0.2) is 9.37 Å². The molecule has 158 valence electrons. The number of hydrogen-bond donors (Lipinski definition) is 2. The van der Waals surface area contributed by atoms with Gasteiger partial charge < -0.3 is 19.9 Å². The van der Waals surface area contributed by atoms with E-state index in [4.69, 9.17) is 4.74 Å². The van der Waals surface area contributed by atoms with Gasteiger partial charge >= 0.3 is 12.8 Å². The van der Waals surface area contributed by atoms with Crippen LogP contribution in [0.5, 0.6) is 11.5 Å². The Labute approximate surface area is 168 Å². The van der Waals surface area contributed by atoms with Gasteiger partial charge in [-0.1, -0.05) is 6.07 Å². The maximum absolute atomic E-state index is 14.4. The van der Waals surface area contributed by atoms with Crippen molar-refractivity contribution in [2.45, 2.75) is 24.7 Å². The lowest BCUT2D eigenvalue weighted by molar-refractivity contribution is -0.138. The minimum Gasteiger partial charge on any atom is -0.490 e. The van der Waals surface area contributed by atoms with Crippen LogP contribution in [0.2, 0.25) is 0 Å². The number of halogens is 7. The maximum Gasteiger partial charge on any atom is 0.418 e. The van der Waals surface area contributed by atoms with Gasteiger partial charge in [-0.05, 0) is 28.1 Å². The smallest absolute Gasteiger partial charge is 0.418 e. The molecule has 0 aliphatic carbocycles. The number of hydrogen-bond acceptors (Lipinski definition) is 5. The fraction of sp³-hybridized carbons (Fsp3) is 0.353. The van der Waals surface area contributed by atoms with E-state index in [0.717, 1.165) is 0 Å². The fourth-order valence-corrected chi connectivity index (χ4v) is 3.26. The van der Waals surface area contributed by atoms with E-state index in [9.17, 15) is 31.4 Å². The summed E-state index contributed by atoms with van der Waals surface area (Å²) in [4.78, 5) is 3.55. The SMILES string of the molecule is OCC1(Nc2ncc(C(F)(F)F)cc2OC(F)F)CCOc2c1ccc(Br)c2F. The lowest BCUT2D eigenvalue weighted by atomic mass is 9.85. The third-order valence-corrected chi connectivity index (χ3v) is 4.98. The number of fused-ring (bicyclic) bond motifs is 1. The molecule has 1 aromatic carbocycles. The first-order chi connectivity index (χ1) is 13.6. The standard InChI is InChI=1S/C17H13BrF6N2O3/c18-10-2-1-9-13(12(10)19)28-4-3-16(9,7-27)26-14-11(29-15(20)21)5-8(6-25-14)17(22,23)24/h1-2,5-6,15,27H,3-4,7H2,(H,25,26). The van der Waals surface area contributed by atoms with E-state index in [0.29, 0.717) is 12.3 Å². The van der Waals surface area contributed by atoms with E-state index in [1.165, 1.54) is 12.1 Å². The van der Waals surface area contributed by atoms with Crippen molar-refractivity contribution in [3.63, 3.8) is 0 Å². The minimum atomic E-state index is -4.83. The molecule has 2 N–H and O–H groups in total. The first kappa shape index (κ1) is 21.5. The zero-order chi connectivity index (χ0) is 21.4. The van der Waals surface area contributed by atoms with Crippen molar-refractivity contribution in [3.8, 4) is 11.5 Å². The van der Waals surface area contributed by atoms with Gasteiger partial charge in [0.05, 0.1) is 28.8 Å². The second-order valence-electron chi connectivity index (χ2n) is 6.15. The second-order valence-corrected chi connectivity index (χ2v) is 7.00. The molecule has 0 saturated carbocycles. The molecule has 1 aromatic heterocycles. The minimum absolute atomic E-state index is 0.0500. The van der Waals surface area contributed by atoms with Gasteiger partial charge in [0.15, 0.2) is 23.1 Å². The molecule has 0 radical (unpaired) electrons. The summed E-state index contributed by atoms with van der Waals surface area (Å²) in [6, 6.07) is 3.16. The topological polar surface area (TPSA) is 63.6 Å². The van der Waals surface area contributed by atoms with Crippen molar-refractivity contribution < 1.29 is 40.9 Å². The van der Waals surface area contributed by atoms with E-state index in [2.05, 4.69) is 31.0 Å². The predicted molar refractivity (Wildman–Crippen MR) is 92.5 cm³/mol. The molecule has 5 nitrogen and oxygen atoms in total. The highest BCUT2D eigenvalue weighted by Gasteiger charge is 2.41. The van der Waals surface area contributed by atoms with Crippen LogP contribution in [0, 0.1) is 5.82 Å². The summed E-state index contributed by atoms with van der Waals surface area (Å²) >= 11 is 3.01. The zero-order valence-corrected chi connectivity index (χ0v) is 16.0. The molecule has 0 amide bonds. The average molecular weight is 487 g/mol. The molecule has 0 spiro atoms. The molecule has 1 unspecified atom stereocenters. The van der Waals surface area contributed by atoms with E-state index in [-0.39, 0.29) is 28.8 Å². The summed E-state index contributed by atoms with van der Waals surface area (Å²) in [5.74, 6) is -2.27. The van der Waals surface area contributed by atoms with Crippen LogP contribution in [0.1, 0.15) is 17.5 Å². The Morgan fingerprint density at radius 2 is 2.07 bits per heavy atom. The highest BCUT2D eigenvalue weighted by molar-refractivity contribution is 9.10. The first-order valence-corrected chi connectivity index (χ1v) is 8.89. The summed E-state index contributed by atoms with van der Waals surface area (Å²) in [6.45, 7) is -4.12. The number of anilines is 1. The van der Waals surface area contributed by atoms with Gasteiger partial charge in [0.2, 0.25) is 0 Å². The number of rotatable bonds is 5. The average Bonchev–Trinajstić information content (AvgIpc) is 2.65. The van der Waals surface area contributed by atoms with Gasteiger partial charge in [0.1, 0.15) is 0 Å². The Morgan fingerprint density at radius 1 is 1.34 bits per heavy atom. The molecule has 1 aliphatic heterocycles. The first-order valence-electron chi connectivity index (χ1n) is 8.10. The summed E-state index contributed by atoms with van der Waals surface area (Å²) in [7, 11) is 0. The molecule has 0 bridgehead atoms. The summed E-state index contributed by atoms with van der Waals surface area (Å²) in [6.07, 6.45) is -4.34. The molecule has 1 atom stereocenters. The van der Waals surface area contributed by atoms with Gasteiger partial charge in [-0.3, -0.25) is 0 Å². The number of nitrogens with zero attached hydrogens (tertiary/aromatic N) is 1. The molecule has 3 rings (SSSR count). The lowest BCUT2D eigenvalue weighted by Gasteiger charge is -2.39. The second kappa shape index (κ2) is 7.90. The number of nitrogens with one attached hydrogen (secondary N) is 1. The van der Waals surface area contributed by atoms with Crippen molar-refractivity contribution in [2.75, 3.05) is 18.5 Å². The Hall–Kier alpha value is -2.21. The van der Waals surface area contributed by atoms with Gasteiger partial charge in [-0.2, -0.15) is 22.0 Å². The van der Waals surface area contributed by atoms with Gasteiger partial charge in [0, 0.05) is 18.2 Å². The van der Waals surface area contributed by atoms with Crippen LogP contribution in [0.4, 0.5) is 32.2 Å². The monoisotopic (exact) mass is 486 g/mol. The third kappa shape index (κ3) is 4.22. The predicted octanol–water partition coefficient (Wildman–Crippen LogP) is 4.69. The third-order valence-electron chi connectivity index (χ3n) is 4.36. The molecular weight excluding hydrogens is 474 g/mol. The number of aliphatic hydroxyl groups excluding tert-OH is 1. The number of alkyl halides is 5. The van der Waals surface area contributed by atoms with Crippen LogP contribution in [0.3, 0.4) is 0 Å². The molecule has 29 heavy (non-hydrogen) atoms. The molecule has 0 saturated heterocycles. The summed E-state index contributed by atoms with van der Waals surface area (Å²) in [5, 5.41) is 12.7. The molecule has 12 heteroatoms. The molecule has 2 heterocycles. The molecule has 2 aromatic rings. The van der Waals surface area contributed by atoms with Crippen LogP contribution in [-0.2, 0) is 11.7 Å². The van der Waals surface area contributed by atoms with Crippen molar-refractivity contribution in [3.05, 3.63) is 45.8 Å². The Balaban J connectivity index is 2.08. The van der Waals surface area contributed by atoms with Crippen LogP contribution in [0.15, 0.2) is 28.9 Å². The summed E-state index contributed by atoms with van der Waals surface area (Å²) in [5.41, 5.74) is -2.60. The zero-order valence-electron chi connectivity index (χ0n) is 14.4. The number of benzene rings is 1. The van der Waals surface area contributed by atoms with Crippen molar-refractivity contribution in [2.24, 2.45) is 0 Å². The van der Waals surface area contributed by atoms with E-state index in [1.54, 1.807) is 0 Å². The van der Waals surface area contributed by atoms with Gasteiger partial charge in [0.25, 0.3) is 0 Å². The van der Waals surface area contributed by atoms with Crippen molar-refractivity contribution in [1.82, 2.24) is 4.98 Å². The largest absolute Gasteiger partial charge is 0.490 e. The highest BCUT2D eigenvalue weighted by atomic mass is 79.9. The Bertz CT molecular complexity index is 911. The number of aliphatic hydroxyl groups is 1. The fourth-order valence-electron chi connectivity index (χ4n) is 2.95.